The minimum atomic E-state index is -4.53. The van der Waals surface area contributed by atoms with Crippen molar-refractivity contribution in [2.45, 2.75) is 25.2 Å². The minimum absolute atomic E-state index is 0.00633. The molecule has 0 fully saturated rings. The summed E-state index contributed by atoms with van der Waals surface area (Å²) in [6.45, 7) is 3.52. The van der Waals surface area contributed by atoms with Crippen LogP contribution in [0.25, 0.3) is 11.0 Å². The van der Waals surface area contributed by atoms with Crippen LogP contribution in [0.4, 0.5) is 5.69 Å². The van der Waals surface area contributed by atoms with E-state index in [0.29, 0.717) is 21.3 Å². The van der Waals surface area contributed by atoms with Gasteiger partial charge in [0.2, 0.25) is 0 Å². The Morgan fingerprint density at radius 2 is 1.53 bits per heavy atom. The lowest BCUT2D eigenvalue weighted by atomic mass is 9.98. The van der Waals surface area contributed by atoms with E-state index < -0.39 is 27.7 Å². The van der Waals surface area contributed by atoms with Crippen molar-refractivity contribution < 1.29 is 32.0 Å². The molecular formula is C33H26ClNO7S. The first-order valence-corrected chi connectivity index (χ1v) is 15.1. The van der Waals surface area contributed by atoms with Crippen molar-refractivity contribution in [1.29, 1.82) is 0 Å². The molecule has 0 aliphatic heterocycles. The zero-order valence-electron chi connectivity index (χ0n) is 23.5. The third-order valence-corrected chi connectivity index (χ3v) is 9.01. The van der Waals surface area contributed by atoms with E-state index in [1.165, 1.54) is 61.7 Å². The number of fused-ring (bicyclic) bond motifs is 1. The molecule has 0 saturated carbocycles. The summed E-state index contributed by atoms with van der Waals surface area (Å²) in [4.78, 5) is 40.4. The van der Waals surface area contributed by atoms with E-state index in [1.807, 2.05) is 6.92 Å². The number of amides is 1. The zero-order valence-corrected chi connectivity index (χ0v) is 25.0. The van der Waals surface area contributed by atoms with Gasteiger partial charge in [0.15, 0.2) is 5.78 Å². The summed E-state index contributed by atoms with van der Waals surface area (Å²) in [5, 5.41) is 0.699. The topological polar surface area (TPSA) is 111 Å². The number of halogens is 1. The maximum absolute atomic E-state index is 14.4. The third-order valence-electron chi connectivity index (χ3n) is 7.03. The summed E-state index contributed by atoms with van der Waals surface area (Å²) in [7, 11) is -3.31. The molecule has 1 amide bonds. The number of hydrogen-bond donors (Lipinski definition) is 0. The highest BCUT2D eigenvalue weighted by molar-refractivity contribution is 7.93. The molecule has 10 heteroatoms. The van der Waals surface area contributed by atoms with E-state index in [0.717, 1.165) is 5.56 Å². The lowest BCUT2D eigenvalue weighted by Crippen LogP contribution is -2.38. The molecule has 4 aromatic carbocycles. The molecule has 0 spiro atoms. The Morgan fingerprint density at radius 1 is 0.884 bits per heavy atom. The second kappa shape index (κ2) is 11.9. The van der Waals surface area contributed by atoms with Crippen LogP contribution in [0.15, 0.2) is 100 Å². The van der Waals surface area contributed by atoms with Gasteiger partial charge >= 0.3 is 5.97 Å². The summed E-state index contributed by atoms with van der Waals surface area (Å²) in [5.41, 5.74) is 1.41. The van der Waals surface area contributed by atoms with E-state index >= 15 is 0 Å². The van der Waals surface area contributed by atoms with Gasteiger partial charge in [0, 0.05) is 21.5 Å². The predicted molar refractivity (Wildman–Crippen MR) is 163 cm³/mol. The number of hydrogen-bond acceptors (Lipinski definition) is 7. The molecule has 0 bridgehead atoms. The second-order valence-corrected chi connectivity index (χ2v) is 11.9. The highest BCUT2D eigenvalue weighted by atomic mass is 35.5. The number of furan rings is 1. The van der Waals surface area contributed by atoms with E-state index in [4.69, 9.17) is 20.8 Å². The normalized spacial score (nSPS) is 11.3. The Labute approximate surface area is 253 Å². The van der Waals surface area contributed by atoms with Gasteiger partial charge in [-0.15, -0.1) is 0 Å². The Morgan fingerprint density at radius 3 is 2.16 bits per heavy atom. The number of sulfonamides is 1. The van der Waals surface area contributed by atoms with Gasteiger partial charge in [0.1, 0.15) is 16.9 Å². The van der Waals surface area contributed by atoms with Gasteiger partial charge in [-0.05, 0) is 79.6 Å². The Balaban J connectivity index is 1.72. The largest absolute Gasteiger partial charge is 0.465 e. The number of ether oxygens (including phenoxy) is 1. The van der Waals surface area contributed by atoms with Crippen LogP contribution in [0.5, 0.6) is 0 Å². The van der Waals surface area contributed by atoms with Crippen LogP contribution in [-0.4, -0.2) is 33.2 Å². The molecule has 43 heavy (non-hydrogen) atoms. The number of benzene rings is 4. The van der Waals surface area contributed by atoms with Crippen LogP contribution in [0, 0.1) is 6.92 Å². The quantitative estimate of drug-likeness (QED) is 0.136. The standard InChI is InChI=1S/C33H26ClNO7S/c1-4-21-9-16-25(17-10-21)43(39,40)35(24-15-18-29-28(19-24)30(20(2)42-29)33(38)41-3)32(37)27-8-6-5-7-26(27)31(36)22-11-13-23(34)14-12-22/h5-19H,4H2,1-3H3. The fourth-order valence-electron chi connectivity index (χ4n) is 4.79. The number of aryl methyl sites for hydroxylation is 2. The lowest BCUT2D eigenvalue weighted by Gasteiger charge is -2.24. The molecule has 5 rings (SSSR count). The van der Waals surface area contributed by atoms with Gasteiger partial charge in [0.25, 0.3) is 15.9 Å². The van der Waals surface area contributed by atoms with Crippen LogP contribution in [-0.2, 0) is 21.2 Å². The summed E-state index contributed by atoms with van der Waals surface area (Å²) in [6.07, 6.45) is 0.690. The number of esters is 1. The molecule has 0 saturated heterocycles. The molecule has 0 radical (unpaired) electrons. The molecular weight excluding hydrogens is 590 g/mol. The summed E-state index contributed by atoms with van der Waals surface area (Å²) < 4.78 is 39.7. The Hall–Kier alpha value is -4.73. The van der Waals surface area contributed by atoms with Crippen LogP contribution in [0.3, 0.4) is 0 Å². The number of methoxy groups -OCH3 is 1. The number of carbonyl (C=O) groups excluding carboxylic acids is 3. The fourth-order valence-corrected chi connectivity index (χ4v) is 6.32. The number of ketones is 1. The average Bonchev–Trinajstić information content (AvgIpc) is 3.35. The highest BCUT2D eigenvalue weighted by Gasteiger charge is 2.35. The lowest BCUT2D eigenvalue weighted by molar-refractivity contribution is 0.0600. The third kappa shape index (κ3) is 5.57. The minimum Gasteiger partial charge on any atom is -0.465 e. The van der Waals surface area contributed by atoms with E-state index in [9.17, 15) is 22.8 Å². The molecule has 0 N–H and O–H groups in total. The van der Waals surface area contributed by atoms with E-state index in [2.05, 4.69) is 0 Å². The van der Waals surface area contributed by atoms with Gasteiger partial charge < -0.3 is 9.15 Å². The molecule has 218 valence electrons. The van der Waals surface area contributed by atoms with Crippen molar-refractivity contribution in [2.75, 3.05) is 11.4 Å². The maximum atomic E-state index is 14.4. The second-order valence-electron chi connectivity index (χ2n) is 9.66. The first-order chi connectivity index (χ1) is 20.6. The van der Waals surface area contributed by atoms with Crippen LogP contribution >= 0.6 is 11.6 Å². The van der Waals surface area contributed by atoms with Gasteiger partial charge in [-0.25, -0.2) is 13.2 Å². The van der Waals surface area contributed by atoms with E-state index in [1.54, 1.807) is 43.3 Å². The van der Waals surface area contributed by atoms with Crippen molar-refractivity contribution in [3.05, 3.63) is 130 Å². The molecule has 1 aromatic heterocycles. The van der Waals surface area contributed by atoms with Gasteiger partial charge in [-0.1, -0.05) is 48.9 Å². The fraction of sp³-hybridized carbons (Fsp3) is 0.121. The Bertz CT molecular complexity index is 1980. The van der Waals surface area contributed by atoms with Crippen LogP contribution in [0.1, 0.15) is 54.9 Å². The molecule has 0 aliphatic rings. The number of rotatable bonds is 8. The van der Waals surface area contributed by atoms with Crippen molar-refractivity contribution in [1.82, 2.24) is 0 Å². The van der Waals surface area contributed by atoms with Crippen molar-refractivity contribution in [3.63, 3.8) is 0 Å². The molecule has 0 atom stereocenters. The molecule has 5 aromatic rings. The summed E-state index contributed by atoms with van der Waals surface area (Å²) in [6, 6.07) is 22.6. The van der Waals surface area contributed by atoms with Gasteiger partial charge in [-0.3, -0.25) is 9.59 Å². The molecule has 8 nitrogen and oxygen atoms in total. The average molecular weight is 616 g/mol. The molecule has 1 heterocycles. The van der Waals surface area contributed by atoms with Crippen molar-refractivity contribution in [2.24, 2.45) is 0 Å². The molecule has 0 unspecified atom stereocenters. The molecule has 0 aliphatic carbocycles. The first kappa shape index (κ1) is 29.8. The summed E-state index contributed by atoms with van der Waals surface area (Å²) in [5.74, 6) is -1.85. The monoisotopic (exact) mass is 615 g/mol. The Kier molecular flexibility index (Phi) is 8.21. The smallest absolute Gasteiger partial charge is 0.342 e. The van der Waals surface area contributed by atoms with Crippen LogP contribution in [0.2, 0.25) is 5.02 Å². The highest BCUT2D eigenvalue weighted by Crippen LogP contribution is 2.34. The first-order valence-electron chi connectivity index (χ1n) is 13.3. The number of nitrogens with zero attached hydrogens (tertiary/aromatic N) is 1. The number of carbonyl (C=O) groups is 3. The van der Waals surface area contributed by atoms with Crippen molar-refractivity contribution >= 4 is 55.9 Å². The van der Waals surface area contributed by atoms with Gasteiger partial charge in [-0.2, -0.15) is 4.31 Å². The SMILES string of the molecule is CCc1ccc(S(=O)(=O)N(C(=O)c2ccccc2C(=O)c2ccc(Cl)cc2)c2ccc3oc(C)c(C(=O)OC)c3c2)cc1. The zero-order chi connectivity index (χ0) is 30.9. The maximum Gasteiger partial charge on any atom is 0.342 e. The van der Waals surface area contributed by atoms with E-state index in [-0.39, 0.29) is 44.0 Å². The van der Waals surface area contributed by atoms with Crippen molar-refractivity contribution in [3.8, 4) is 0 Å². The number of anilines is 1. The van der Waals surface area contributed by atoms with Gasteiger partial charge in [0.05, 0.1) is 23.3 Å². The van der Waals surface area contributed by atoms with Crippen LogP contribution < -0.4 is 4.31 Å². The predicted octanol–water partition coefficient (Wildman–Crippen LogP) is 7.01. The summed E-state index contributed by atoms with van der Waals surface area (Å²) >= 11 is 5.99.